The number of aromatic nitrogens is 2. The lowest BCUT2D eigenvalue weighted by Crippen LogP contribution is -2.18. The van der Waals surface area contributed by atoms with Crippen LogP contribution < -0.4 is 5.32 Å². The van der Waals surface area contributed by atoms with E-state index >= 15 is 0 Å². The molecule has 0 saturated heterocycles. The number of nitrogens with zero attached hydrogens (tertiary/aromatic N) is 2. The lowest BCUT2D eigenvalue weighted by Gasteiger charge is -2.10. The summed E-state index contributed by atoms with van der Waals surface area (Å²) in [6, 6.07) is 6.28. The minimum absolute atomic E-state index is 0.688. The van der Waals surface area contributed by atoms with Crippen molar-refractivity contribution in [2.24, 2.45) is 0 Å². The summed E-state index contributed by atoms with van der Waals surface area (Å²) in [5.74, 6) is 0. The molecular formula is C15H17Cl2N3. The highest BCUT2D eigenvalue weighted by Gasteiger charge is 2.19. The second-order valence-electron chi connectivity index (χ2n) is 5.18. The standard InChI is InChI=1S/C15H17Cl2N3/c16-11-2-5-14(17)13(8-11)15-9-18-10-20(15)7-1-6-19-12-3-4-12/h2,5,8-10,12,19H,1,3-4,6-7H2. The Balaban J connectivity index is 1.70. The molecule has 2 aromatic rings. The molecule has 0 aliphatic heterocycles. The van der Waals surface area contributed by atoms with E-state index in [4.69, 9.17) is 23.2 Å². The average molecular weight is 310 g/mol. The molecule has 1 aromatic carbocycles. The van der Waals surface area contributed by atoms with Crippen LogP contribution in [0.3, 0.4) is 0 Å². The molecule has 0 amide bonds. The van der Waals surface area contributed by atoms with Gasteiger partial charge in [0.15, 0.2) is 0 Å². The quantitative estimate of drug-likeness (QED) is 0.817. The highest BCUT2D eigenvalue weighted by Crippen LogP contribution is 2.30. The van der Waals surface area contributed by atoms with Crippen LogP contribution >= 0.6 is 23.2 Å². The summed E-state index contributed by atoms with van der Waals surface area (Å²) in [7, 11) is 0. The molecule has 20 heavy (non-hydrogen) atoms. The van der Waals surface area contributed by atoms with Gasteiger partial charge in [0.05, 0.1) is 23.2 Å². The van der Waals surface area contributed by atoms with Gasteiger partial charge < -0.3 is 9.88 Å². The van der Waals surface area contributed by atoms with E-state index in [1.807, 2.05) is 24.7 Å². The molecule has 0 spiro atoms. The first-order valence-corrected chi connectivity index (χ1v) is 7.68. The summed E-state index contributed by atoms with van der Waals surface area (Å²) in [4.78, 5) is 4.24. The molecule has 1 N–H and O–H groups in total. The Labute approximate surface area is 128 Å². The number of hydrogen-bond donors (Lipinski definition) is 1. The third kappa shape index (κ3) is 3.35. The molecule has 1 aliphatic rings. The molecule has 0 bridgehead atoms. The van der Waals surface area contributed by atoms with Crippen molar-refractivity contribution in [3.8, 4) is 11.3 Å². The summed E-state index contributed by atoms with van der Waals surface area (Å²) in [5, 5.41) is 4.91. The van der Waals surface area contributed by atoms with Crippen LogP contribution in [0.15, 0.2) is 30.7 Å². The predicted octanol–water partition coefficient (Wildman–Crippen LogP) is 4.00. The van der Waals surface area contributed by atoms with Crippen LogP contribution in [0.1, 0.15) is 19.3 Å². The molecule has 0 atom stereocenters. The van der Waals surface area contributed by atoms with Crippen molar-refractivity contribution in [2.75, 3.05) is 6.54 Å². The second kappa shape index (κ2) is 6.17. The molecule has 0 unspecified atom stereocenters. The molecule has 1 saturated carbocycles. The third-order valence-electron chi connectivity index (χ3n) is 3.50. The molecule has 1 aromatic heterocycles. The molecule has 3 rings (SSSR count). The minimum Gasteiger partial charge on any atom is -0.331 e. The van der Waals surface area contributed by atoms with Gasteiger partial charge in [-0.3, -0.25) is 0 Å². The highest BCUT2D eigenvalue weighted by molar-refractivity contribution is 6.35. The first-order chi connectivity index (χ1) is 9.74. The van der Waals surface area contributed by atoms with Crippen LogP contribution in [-0.2, 0) is 6.54 Å². The zero-order valence-electron chi connectivity index (χ0n) is 11.1. The van der Waals surface area contributed by atoms with Gasteiger partial charge in [0.25, 0.3) is 0 Å². The molecular weight excluding hydrogens is 293 g/mol. The van der Waals surface area contributed by atoms with Gasteiger partial charge >= 0.3 is 0 Å². The van der Waals surface area contributed by atoms with E-state index in [9.17, 15) is 0 Å². The molecule has 0 radical (unpaired) electrons. The number of rotatable bonds is 6. The van der Waals surface area contributed by atoms with E-state index < -0.39 is 0 Å². The van der Waals surface area contributed by atoms with Crippen LogP contribution in [0, 0.1) is 0 Å². The average Bonchev–Trinajstić information content (AvgIpc) is 3.15. The topological polar surface area (TPSA) is 29.9 Å². The third-order valence-corrected chi connectivity index (χ3v) is 4.07. The van der Waals surface area contributed by atoms with E-state index in [1.54, 1.807) is 6.07 Å². The van der Waals surface area contributed by atoms with E-state index in [-0.39, 0.29) is 0 Å². The van der Waals surface area contributed by atoms with Crippen LogP contribution in [0.4, 0.5) is 0 Å². The normalized spacial score (nSPS) is 14.7. The number of halogens is 2. The van der Waals surface area contributed by atoms with Crippen molar-refractivity contribution >= 4 is 23.2 Å². The Bertz CT molecular complexity index is 591. The maximum Gasteiger partial charge on any atom is 0.0950 e. The maximum absolute atomic E-state index is 6.26. The van der Waals surface area contributed by atoms with Gasteiger partial charge in [-0.1, -0.05) is 23.2 Å². The molecule has 1 aliphatic carbocycles. The fourth-order valence-electron chi connectivity index (χ4n) is 2.26. The van der Waals surface area contributed by atoms with E-state index in [0.29, 0.717) is 10.0 Å². The fourth-order valence-corrected chi connectivity index (χ4v) is 2.65. The van der Waals surface area contributed by atoms with Gasteiger partial charge in [0.2, 0.25) is 0 Å². The van der Waals surface area contributed by atoms with Crippen LogP contribution in [0.25, 0.3) is 11.3 Å². The lowest BCUT2D eigenvalue weighted by atomic mass is 10.1. The Kier molecular flexibility index (Phi) is 4.29. The Hall–Kier alpha value is -1.03. The van der Waals surface area contributed by atoms with Crippen molar-refractivity contribution in [1.29, 1.82) is 0 Å². The Morgan fingerprint density at radius 2 is 2.15 bits per heavy atom. The smallest absolute Gasteiger partial charge is 0.0950 e. The van der Waals surface area contributed by atoms with E-state index in [0.717, 1.165) is 36.8 Å². The molecule has 1 heterocycles. The summed E-state index contributed by atoms with van der Waals surface area (Å²) >= 11 is 12.3. The van der Waals surface area contributed by atoms with Crippen LogP contribution in [0.2, 0.25) is 10.0 Å². The molecule has 5 heteroatoms. The number of imidazole rings is 1. The summed E-state index contributed by atoms with van der Waals surface area (Å²) in [5.41, 5.74) is 1.95. The van der Waals surface area contributed by atoms with Crippen LogP contribution in [-0.4, -0.2) is 22.1 Å². The first kappa shape index (κ1) is 13.9. The summed E-state index contributed by atoms with van der Waals surface area (Å²) < 4.78 is 2.13. The first-order valence-electron chi connectivity index (χ1n) is 6.93. The van der Waals surface area contributed by atoms with Gasteiger partial charge in [-0.2, -0.15) is 0 Å². The highest BCUT2D eigenvalue weighted by atomic mass is 35.5. The largest absolute Gasteiger partial charge is 0.331 e. The number of benzene rings is 1. The van der Waals surface area contributed by atoms with Gasteiger partial charge in [-0.15, -0.1) is 0 Å². The van der Waals surface area contributed by atoms with Gasteiger partial charge in [0, 0.05) is 23.2 Å². The fraction of sp³-hybridized carbons (Fsp3) is 0.400. The van der Waals surface area contributed by atoms with Gasteiger partial charge in [-0.05, 0) is 44.0 Å². The Morgan fingerprint density at radius 1 is 1.30 bits per heavy atom. The number of aryl methyl sites for hydroxylation is 1. The molecule has 106 valence electrons. The van der Waals surface area contributed by atoms with Crippen molar-refractivity contribution < 1.29 is 0 Å². The molecule has 3 nitrogen and oxygen atoms in total. The zero-order chi connectivity index (χ0) is 13.9. The SMILES string of the molecule is Clc1ccc(Cl)c(-c2cncn2CCCNC2CC2)c1. The van der Waals surface area contributed by atoms with Crippen molar-refractivity contribution in [3.05, 3.63) is 40.8 Å². The van der Waals surface area contributed by atoms with Gasteiger partial charge in [-0.25, -0.2) is 4.98 Å². The van der Waals surface area contributed by atoms with Crippen LogP contribution in [0.5, 0.6) is 0 Å². The predicted molar refractivity (Wildman–Crippen MR) is 83.3 cm³/mol. The minimum atomic E-state index is 0.688. The Morgan fingerprint density at radius 3 is 2.95 bits per heavy atom. The monoisotopic (exact) mass is 309 g/mol. The van der Waals surface area contributed by atoms with Crippen molar-refractivity contribution in [1.82, 2.24) is 14.9 Å². The van der Waals surface area contributed by atoms with Crippen molar-refractivity contribution in [2.45, 2.75) is 31.8 Å². The maximum atomic E-state index is 6.26. The lowest BCUT2D eigenvalue weighted by molar-refractivity contribution is 0.581. The van der Waals surface area contributed by atoms with E-state index in [1.165, 1.54) is 12.8 Å². The number of hydrogen-bond acceptors (Lipinski definition) is 2. The number of nitrogens with one attached hydrogen (secondary N) is 1. The molecule has 1 fully saturated rings. The zero-order valence-corrected chi connectivity index (χ0v) is 12.7. The second-order valence-corrected chi connectivity index (χ2v) is 6.02. The van der Waals surface area contributed by atoms with E-state index in [2.05, 4.69) is 14.9 Å². The summed E-state index contributed by atoms with van der Waals surface area (Å²) in [6.07, 6.45) is 7.43. The summed E-state index contributed by atoms with van der Waals surface area (Å²) in [6.45, 7) is 1.98. The van der Waals surface area contributed by atoms with Crippen molar-refractivity contribution in [3.63, 3.8) is 0 Å². The van der Waals surface area contributed by atoms with Gasteiger partial charge in [0.1, 0.15) is 0 Å².